The van der Waals surface area contributed by atoms with Crippen LogP contribution in [0.15, 0.2) is 55.4 Å². The zero-order chi connectivity index (χ0) is 31.6. The molecular formula is C31H44N4O8. The predicted octanol–water partition coefficient (Wildman–Crippen LogP) is 5.16. The highest BCUT2D eigenvalue weighted by Crippen LogP contribution is 2.26. The molecule has 1 aliphatic rings. The molecule has 1 aromatic carbocycles. The third-order valence-corrected chi connectivity index (χ3v) is 6.37. The van der Waals surface area contributed by atoms with Gasteiger partial charge >= 0.3 is 11.6 Å². The van der Waals surface area contributed by atoms with E-state index in [-0.39, 0.29) is 19.0 Å². The first-order chi connectivity index (χ1) is 19.9. The standard InChI is InChI=1S/C11H10O3.C7H11NO2.C6H10N2O.C6H9NO2.CH4/c1-7-10(13-2)8-5-3-4-6-9(8)14-11(7)12;1-5-6(10-3)4-8(2)7(5)9;1-5-4-6(9-3)8(2)7-5;1-4-5(2)7-9-6(4)8-3;/h3-6H,1-2H3;4H2,1-3H3;4H,1-3H3;1-3H3;1H4. The number of nitrogens with zero attached hydrogens (tertiary/aromatic N) is 4. The zero-order valence-electron chi connectivity index (χ0n) is 26.1. The van der Waals surface area contributed by atoms with Crippen molar-refractivity contribution in [2.45, 2.75) is 42.0 Å². The highest BCUT2D eigenvalue weighted by molar-refractivity contribution is 5.95. The van der Waals surface area contributed by atoms with Crippen molar-refractivity contribution in [2.75, 3.05) is 42.0 Å². The summed E-state index contributed by atoms with van der Waals surface area (Å²) in [6, 6.07) is 9.20. The summed E-state index contributed by atoms with van der Waals surface area (Å²) in [4.78, 5) is 24.1. The van der Waals surface area contributed by atoms with E-state index in [1.165, 1.54) is 0 Å². The molecule has 12 nitrogen and oxygen atoms in total. The minimum atomic E-state index is -0.347. The largest absolute Gasteiger partial charge is 0.499 e. The van der Waals surface area contributed by atoms with E-state index in [0.717, 1.165) is 39.5 Å². The Labute approximate surface area is 252 Å². The summed E-state index contributed by atoms with van der Waals surface area (Å²) in [5, 5.41) is 8.59. The molecule has 1 amide bonds. The summed E-state index contributed by atoms with van der Waals surface area (Å²) in [5.41, 5.74) is 4.27. The van der Waals surface area contributed by atoms with E-state index in [1.54, 1.807) is 65.0 Å². The fourth-order valence-electron chi connectivity index (χ4n) is 3.87. The SMILES string of the molecule is C.COC1=C(C)C(=O)N(C)C1.COc1c(C)c(=O)oc2ccccc12.COc1cc(C)nn1C.COc1onc(C)c1C. The Bertz CT molecular complexity index is 1580. The van der Waals surface area contributed by atoms with E-state index in [4.69, 9.17) is 27.9 Å². The molecule has 5 rings (SSSR count). The average molecular weight is 601 g/mol. The third-order valence-electron chi connectivity index (χ3n) is 6.37. The molecule has 1 aliphatic heterocycles. The van der Waals surface area contributed by atoms with Crippen LogP contribution in [0.25, 0.3) is 11.0 Å². The number of fused-ring (bicyclic) bond motifs is 1. The second-order valence-corrected chi connectivity index (χ2v) is 9.29. The molecule has 0 saturated carbocycles. The van der Waals surface area contributed by atoms with Crippen LogP contribution in [0.3, 0.4) is 0 Å². The number of aryl methyl sites for hydroxylation is 3. The van der Waals surface area contributed by atoms with E-state index in [0.29, 0.717) is 29.4 Å². The van der Waals surface area contributed by atoms with Gasteiger partial charge in [0.05, 0.1) is 68.5 Å². The summed E-state index contributed by atoms with van der Waals surface area (Å²) < 4.78 is 31.5. The molecule has 0 radical (unpaired) electrons. The lowest BCUT2D eigenvalue weighted by Gasteiger charge is -2.06. The highest BCUT2D eigenvalue weighted by Gasteiger charge is 2.24. The number of rotatable bonds is 4. The third kappa shape index (κ3) is 9.12. The van der Waals surface area contributed by atoms with Gasteiger partial charge in [0.1, 0.15) is 17.1 Å². The zero-order valence-corrected chi connectivity index (χ0v) is 26.1. The lowest BCUT2D eigenvalue weighted by Crippen LogP contribution is -2.21. The van der Waals surface area contributed by atoms with Gasteiger partial charge in [-0.15, -0.1) is 0 Å². The lowest BCUT2D eigenvalue weighted by atomic mass is 10.2. The molecule has 0 N–H and O–H groups in total. The van der Waals surface area contributed by atoms with Crippen molar-refractivity contribution in [3.63, 3.8) is 0 Å². The van der Waals surface area contributed by atoms with Gasteiger partial charge in [0.25, 0.3) is 5.91 Å². The van der Waals surface area contributed by atoms with Crippen molar-refractivity contribution in [3.05, 3.63) is 74.6 Å². The molecule has 0 atom stereocenters. The molecule has 3 aromatic heterocycles. The molecule has 43 heavy (non-hydrogen) atoms. The van der Waals surface area contributed by atoms with Gasteiger partial charge in [-0.05, 0) is 46.8 Å². The molecule has 0 saturated heterocycles. The van der Waals surface area contributed by atoms with Gasteiger partial charge in [-0.25, -0.2) is 9.48 Å². The number of carbonyl (C=O) groups excluding carboxylic acids is 1. The number of amides is 1. The van der Waals surface area contributed by atoms with Gasteiger partial charge in [0, 0.05) is 20.2 Å². The first kappa shape index (κ1) is 36.3. The van der Waals surface area contributed by atoms with Crippen LogP contribution < -0.4 is 19.8 Å². The van der Waals surface area contributed by atoms with E-state index in [2.05, 4.69) is 10.3 Å². The number of ether oxygens (including phenoxy) is 4. The van der Waals surface area contributed by atoms with Gasteiger partial charge in [-0.1, -0.05) is 24.7 Å². The van der Waals surface area contributed by atoms with Crippen molar-refractivity contribution in [2.24, 2.45) is 7.05 Å². The first-order valence-electron chi connectivity index (χ1n) is 13.0. The average Bonchev–Trinajstić information content (AvgIpc) is 3.58. The van der Waals surface area contributed by atoms with Crippen molar-refractivity contribution >= 4 is 16.9 Å². The smallest absolute Gasteiger partial charge is 0.342 e. The molecule has 0 bridgehead atoms. The van der Waals surface area contributed by atoms with Crippen LogP contribution in [0.5, 0.6) is 17.6 Å². The number of likely N-dealkylation sites (N-methyl/N-ethyl adjacent to an activating group) is 1. The van der Waals surface area contributed by atoms with E-state index in [9.17, 15) is 9.59 Å². The Morgan fingerprint density at radius 3 is 1.88 bits per heavy atom. The molecule has 236 valence electrons. The van der Waals surface area contributed by atoms with Crippen LogP contribution in [-0.4, -0.2) is 67.8 Å². The number of aromatic nitrogens is 3. The molecule has 4 heterocycles. The maximum absolute atomic E-state index is 11.4. The Morgan fingerprint density at radius 1 is 0.860 bits per heavy atom. The number of hydrogen-bond acceptors (Lipinski definition) is 10. The number of hydrogen-bond donors (Lipinski definition) is 0. The van der Waals surface area contributed by atoms with Gasteiger partial charge in [0.2, 0.25) is 5.88 Å². The molecule has 0 spiro atoms. The first-order valence-corrected chi connectivity index (χ1v) is 13.0. The van der Waals surface area contributed by atoms with E-state index < -0.39 is 0 Å². The van der Waals surface area contributed by atoms with Crippen LogP contribution in [0.1, 0.15) is 36.9 Å². The van der Waals surface area contributed by atoms with E-state index >= 15 is 0 Å². The fourth-order valence-corrected chi connectivity index (χ4v) is 3.87. The summed E-state index contributed by atoms with van der Waals surface area (Å²) in [5.74, 6) is 2.75. The Balaban J connectivity index is 0.000000290. The van der Waals surface area contributed by atoms with Crippen molar-refractivity contribution in [1.82, 2.24) is 19.8 Å². The molecular weight excluding hydrogens is 556 g/mol. The summed E-state index contributed by atoms with van der Waals surface area (Å²) >= 11 is 0. The van der Waals surface area contributed by atoms with Gasteiger partial charge in [0.15, 0.2) is 0 Å². The van der Waals surface area contributed by atoms with Gasteiger partial charge in [-0.2, -0.15) is 5.10 Å². The number of carbonyl (C=O) groups is 1. The topological polar surface area (TPSA) is 131 Å². The van der Waals surface area contributed by atoms with Crippen molar-refractivity contribution in [1.29, 1.82) is 0 Å². The maximum Gasteiger partial charge on any atom is 0.342 e. The van der Waals surface area contributed by atoms with Crippen LogP contribution in [0.4, 0.5) is 0 Å². The van der Waals surface area contributed by atoms with Crippen molar-refractivity contribution < 1.29 is 32.7 Å². The van der Waals surface area contributed by atoms with E-state index in [1.807, 2.05) is 52.1 Å². The predicted molar refractivity (Wildman–Crippen MR) is 165 cm³/mol. The lowest BCUT2D eigenvalue weighted by molar-refractivity contribution is -0.124. The molecule has 4 aromatic rings. The normalized spacial score (nSPS) is 11.8. The summed E-state index contributed by atoms with van der Waals surface area (Å²) in [7, 11) is 9.95. The Hall–Kier alpha value is -4.74. The van der Waals surface area contributed by atoms with Crippen LogP contribution in [0, 0.1) is 27.7 Å². The minimum absolute atomic E-state index is 0. The Morgan fingerprint density at radius 2 is 1.51 bits per heavy atom. The monoisotopic (exact) mass is 600 g/mol. The van der Waals surface area contributed by atoms with Gasteiger partial charge in [-0.3, -0.25) is 4.79 Å². The maximum atomic E-state index is 11.4. The van der Waals surface area contributed by atoms with Crippen molar-refractivity contribution in [3.8, 4) is 17.6 Å². The number of para-hydroxylation sites is 1. The second kappa shape index (κ2) is 16.6. The second-order valence-electron chi connectivity index (χ2n) is 9.29. The summed E-state index contributed by atoms with van der Waals surface area (Å²) in [6.07, 6.45) is 0. The molecule has 0 unspecified atom stereocenters. The molecule has 0 aliphatic carbocycles. The van der Waals surface area contributed by atoms with Crippen LogP contribution in [-0.2, 0) is 16.6 Å². The fraction of sp³-hybridized carbons (Fsp3) is 0.419. The quantitative estimate of drug-likeness (QED) is 0.289. The summed E-state index contributed by atoms with van der Waals surface area (Å²) in [6.45, 7) is 9.80. The number of benzene rings is 1. The highest BCUT2D eigenvalue weighted by atomic mass is 16.6. The molecule has 0 fully saturated rings. The van der Waals surface area contributed by atoms with Crippen LogP contribution in [0.2, 0.25) is 0 Å². The molecule has 12 heteroatoms. The van der Waals surface area contributed by atoms with Crippen LogP contribution >= 0.6 is 0 Å². The Kier molecular flexibility index (Phi) is 14.0. The minimum Gasteiger partial charge on any atom is -0.499 e. The van der Waals surface area contributed by atoms with Gasteiger partial charge < -0.3 is 32.8 Å². The number of methoxy groups -OCH3 is 4.